The van der Waals surface area contributed by atoms with Crippen molar-refractivity contribution in [1.82, 2.24) is 20.1 Å². The van der Waals surface area contributed by atoms with Crippen LogP contribution in [-0.4, -0.2) is 52.3 Å². The molecule has 29 heavy (non-hydrogen) atoms. The van der Waals surface area contributed by atoms with Crippen molar-refractivity contribution >= 4 is 16.9 Å². The van der Waals surface area contributed by atoms with E-state index in [1.165, 1.54) is 10.4 Å². The van der Waals surface area contributed by atoms with Gasteiger partial charge in [0.25, 0.3) is 5.91 Å². The average molecular weight is 394 g/mol. The molecule has 3 aromatic rings. The number of carbonyl (C=O) groups excluding carboxylic acids is 1. The topological polar surface area (TPSA) is 69.5 Å². The van der Waals surface area contributed by atoms with Crippen molar-refractivity contribution in [2.45, 2.75) is 26.2 Å². The highest BCUT2D eigenvalue weighted by Crippen LogP contribution is 2.31. The van der Waals surface area contributed by atoms with Crippen molar-refractivity contribution in [3.8, 4) is 5.75 Å². The molecule has 1 aromatic heterocycles. The van der Waals surface area contributed by atoms with Crippen LogP contribution < -0.4 is 9.57 Å². The number of fused-ring (bicyclic) bond motifs is 1. The summed E-state index contributed by atoms with van der Waals surface area (Å²) in [5, 5.41) is 7.94. The summed E-state index contributed by atoms with van der Waals surface area (Å²) in [6.07, 6.45) is 0. The van der Waals surface area contributed by atoms with Gasteiger partial charge in [0.1, 0.15) is 16.8 Å². The molecule has 1 amide bonds. The summed E-state index contributed by atoms with van der Waals surface area (Å²) in [6.45, 7) is 8.43. The average Bonchev–Trinajstić information content (AvgIpc) is 3.08. The summed E-state index contributed by atoms with van der Waals surface area (Å²) in [4.78, 5) is 21.0. The highest BCUT2D eigenvalue weighted by atomic mass is 16.7. The Morgan fingerprint density at radius 3 is 2.62 bits per heavy atom. The van der Waals surface area contributed by atoms with Gasteiger partial charge in [-0.25, -0.2) is 0 Å². The number of carbonyl (C=O) groups is 1. The minimum atomic E-state index is -0.0617. The van der Waals surface area contributed by atoms with Gasteiger partial charge in [-0.15, -0.1) is 5.10 Å². The third-order valence-corrected chi connectivity index (χ3v) is 5.11. The van der Waals surface area contributed by atoms with E-state index in [1.807, 2.05) is 42.5 Å². The first-order valence-electron chi connectivity index (χ1n) is 9.85. The standard InChI is InChI=1S/C22H26N4O3/c1-22(2,3)17-8-4-7-11-20(17)28-14-16-12-25(13-16)21(27)15-29-26-19-10-6-5-9-18(19)23-24-26/h4-11,16H,12-15H2,1-3H3. The fourth-order valence-corrected chi connectivity index (χ4v) is 3.45. The van der Waals surface area contributed by atoms with Gasteiger partial charge < -0.3 is 14.5 Å². The van der Waals surface area contributed by atoms with Gasteiger partial charge in [0.2, 0.25) is 0 Å². The van der Waals surface area contributed by atoms with E-state index in [4.69, 9.17) is 9.57 Å². The normalized spacial score (nSPS) is 14.7. The molecular weight excluding hydrogens is 368 g/mol. The maximum atomic E-state index is 12.4. The minimum Gasteiger partial charge on any atom is -0.493 e. The van der Waals surface area contributed by atoms with Crippen LogP contribution >= 0.6 is 0 Å². The fourth-order valence-electron chi connectivity index (χ4n) is 3.45. The van der Waals surface area contributed by atoms with Crippen molar-refractivity contribution < 1.29 is 14.4 Å². The second kappa shape index (κ2) is 7.73. The molecule has 0 radical (unpaired) electrons. The molecule has 1 saturated heterocycles. The molecule has 4 rings (SSSR count). The zero-order valence-corrected chi connectivity index (χ0v) is 17.0. The number of likely N-dealkylation sites (tertiary alicyclic amines) is 1. The second-order valence-corrected chi connectivity index (χ2v) is 8.45. The van der Waals surface area contributed by atoms with Gasteiger partial charge in [-0.2, -0.15) is 0 Å². The van der Waals surface area contributed by atoms with Crippen LogP contribution in [0, 0.1) is 5.92 Å². The van der Waals surface area contributed by atoms with Crippen LogP contribution in [0.15, 0.2) is 48.5 Å². The molecule has 7 heteroatoms. The van der Waals surface area contributed by atoms with Crippen LogP contribution in [0.4, 0.5) is 0 Å². The van der Waals surface area contributed by atoms with Crippen LogP contribution in [-0.2, 0) is 10.2 Å². The predicted molar refractivity (Wildman–Crippen MR) is 110 cm³/mol. The Hall–Kier alpha value is -3.09. The van der Waals surface area contributed by atoms with Crippen LogP contribution in [0.25, 0.3) is 11.0 Å². The van der Waals surface area contributed by atoms with E-state index in [0.29, 0.717) is 25.6 Å². The third kappa shape index (κ3) is 4.18. The SMILES string of the molecule is CC(C)(C)c1ccccc1OCC1CN(C(=O)COn2nnc3ccccc32)C1. The van der Waals surface area contributed by atoms with Crippen molar-refractivity contribution in [2.75, 3.05) is 26.3 Å². The zero-order chi connectivity index (χ0) is 20.4. The quantitative estimate of drug-likeness (QED) is 0.643. The second-order valence-electron chi connectivity index (χ2n) is 8.45. The lowest BCUT2D eigenvalue weighted by Crippen LogP contribution is -2.53. The van der Waals surface area contributed by atoms with Crippen molar-refractivity contribution in [1.29, 1.82) is 0 Å². The molecule has 0 aliphatic carbocycles. The Bertz CT molecular complexity index is 1000. The molecule has 0 unspecified atom stereocenters. The van der Waals surface area contributed by atoms with Crippen LogP contribution in [0.1, 0.15) is 26.3 Å². The smallest absolute Gasteiger partial charge is 0.263 e. The first kappa shape index (κ1) is 19.2. The maximum Gasteiger partial charge on any atom is 0.263 e. The number of rotatable bonds is 6. The van der Waals surface area contributed by atoms with Crippen molar-refractivity contribution in [3.05, 3.63) is 54.1 Å². The lowest BCUT2D eigenvalue weighted by molar-refractivity contribution is -0.143. The number of ether oxygens (including phenoxy) is 1. The van der Waals surface area contributed by atoms with Crippen molar-refractivity contribution in [3.63, 3.8) is 0 Å². The monoisotopic (exact) mass is 394 g/mol. The number of nitrogens with zero attached hydrogens (tertiary/aromatic N) is 4. The van der Waals surface area contributed by atoms with E-state index in [1.54, 1.807) is 4.90 Å². The van der Waals surface area contributed by atoms with E-state index in [2.05, 4.69) is 37.1 Å². The van der Waals surface area contributed by atoms with Crippen LogP contribution in [0.5, 0.6) is 5.75 Å². The zero-order valence-electron chi connectivity index (χ0n) is 17.0. The van der Waals surface area contributed by atoms with Gasteiger partial charge >= 0.3 is 0 Å². The van der Waals surface area contributed by atoms with E-state index in [0.717, 1.165) is 16.8 Å². The Morgan fingerprint density at radius 2 is 1.83 bits per heavy atom. The first-order valence-corrected chi connectivity index (χ1v) is 9.85. The number of aromatic nitrogens is 3. The molecule has 0 saturated carbocycles. The Morgan fingerprint density at radius 1 is 1.10 bits per heavy atom. The van der Waals surface area contributed by atoms with Crippen molar-refractivity contribution in [2.24, 2.45) is 5.92 Å². The number of para-hydroxylation sites is 2. The highest BCUT2D eigenvalue weighted by Gasteiger charge is 2.32. The lowest BCUT2D eigenvalue weighted by atomic mass is 9.86. The number of amides is 1. The fraction of sp³-hybridized carbons (Fsp3) is 0.409. The number of benzene rings is 2. The molecule has 152 valence electrons. The van der Waals surface area contributed by atoms with Crippen LogP contribution in [0.2, 0.25) is 0 Å². The summed E-state index contributed by atoms with van der Waals surface area (Å²) in [6, 6.07) is 15.6. The molecule has 1 aliphatic rings. The molecule has 1 fully saturated rings. The van der Waals surface area contributed by atoms with Gasteiger partial charge in [0.05, 0.1) is 6.61 Å². The molecule has 0 N–H and O–H groups in total. The Kier molecular flexibility index (Phi) is 5.13. The molecule has 2 aromatic carbocycles. The molecule has 0 atom stereocenters. The van der Waals surface area contributed by atoms with Gasteiger partial charge in [0, 0.05) is 19.0 Å². The summed E-state index contributed by atoms with van der Waals surface area (Å²) in [7, 11) is 0. The van der Waals surface area contributed by atoms with Gasteiger partial charge in [-0.1, -0.05) is 55.9 Å². The Labute approximate surface area is 170 Å². The number of hydrogen-bond donors (Lipinski definition) is 0. The minimum absolute atomic E-state index is 0.0288. The predicted octanol–water partition coefficient (Wildman–Crippen LogP) is 2.69. The largest absolute Gasteiger partial charge is 0.493 e. The summed E-state index contributed by atoms with van der Waals surface area (Å²) in [5.41, 5.74) is 2.70. The molecule has 7 nitrogen and oxygen atoms in total. The van der Waals surface area contributed by atoms with E-state index in [-0.39, 0.29) is 17.9 Å². The molecule has 0 bridgehead atoms. The molecule has 1 aliphatic heterocycles. The summed E-state index contributed by atoms with van der Waals surface area (Å²) in [5.74, 6) is 1.20. The summed E-state index contributed by atoms with van der Waals surface area (Å²) >= 11 is 0. The molecular formula is C22H26N4O3. The highest BCUT2D eigenvalue weighted by molar-refractivity contribution is 5.78. The van der Waals surface area contributed by atoms with Gasteiger partial charge in [-0.3, -0.25) is 4.79 Å². The molecule has 2 heterocycles. The van der Waals surface area contributed by atoms with Gasteiger partial charge in [0.15, 0.2) is 6.61 Å². The lowest BCUT2D eigenvalue weighted by Gasteiger charge is -2.39. The summed E-state index contributed by atoms with van der Waals surface area (Å²) < 4.78 is 6.07. The van der Waals surface area contributed by atoms with E-state index in [9.17, 15) is 4.79 Å². The maximum absolute atomic E-state index is 12.4. The van der Waals surface area contributed by atoms with E-state index >= 15 is 0 Å². The molecule has 0 spiro atoms. The van der Waals surface area contributed by atoms with Gasteiger partial charge in [-0.05, 0) is 34.4 Å². The van der Waals surface area contributed by atoms with E-state index < -0.39 is 0 Å². The Balaban J connectivity index is 1.25. The van der Waals surface area contributed by atoms with Crippen LogP contribution in [0.3, 0.4) is 0 Å². The first-order chi connectivity index (χ1) is 13.9. The number of hydrogen-bond acceptors (Lipinski definition) is 5. The third-order valence-electron chi connectivity index (χ3n) is 5.11.